The van der Waals surface area contributed by atoms with Gasteiger partial charge in [-0.05, 0) is 44.0 Å². The molecule has 25 heavy (non-hydrogen) atoms. The first-order valence-electron chi connectivity index (χ1n) is 8.62. The van der Waals surface area contributed by atoms with Crippen LogP contribution in [0.4, 0.5) is 8.78 Å². The Morgan fingerprint density at radius 2 is 1.80 bits per heavy atom. The number of aromatic nitrogens is 2. The molecular formula is C19H23F2N3O. The molecule has 2 aromatic rings. The van der Waals surface area contributed by atoms with Crippen LogP contribution in [0.1, 0.15) is 36.2 Å². The van der Waals surface area contributed by atoms with Crippen molar-refractivity contribution >= 4 is 5.91 Å². The molecule has 0 spiro atoms. The number of amides is 1. The maximum absolute atomic E-state index is 13.2. The second-order valence-electron chi connectivity index (χ2n) is 6.74. The van der Waals surface area contributed by atoms with E-state index in [1.807, 2.05) is 48.9 Å². The van der Waals surface area contributed by atoms with Gasteiger partial charge in [0.1, 0.15) is 0 Å². The molecule has 1 aromatic carbocycles. The van der Waals surface area contributed by atoms with Crippen molar-refractivity contribution in [3.05, 3.63) is 47.3 Å². The number of carbonyl (C=O) groups excluding carboxylic acids is 1. The fraction of sp³-hybridized carbons (Fsp3) is 0.474. The quantitative estimate of drug-likeness (QED) is 0.846. The van der Waals surface area contributed by atoms with Crippen LogP contribution >= 0.6 is 0 Å². The van der Waals surface area contributed by atoms with Gasteiger partial charge in [0.2, 0.25) is 5.91 Å². The lowest BCUT2D eigenvalue weighted by molar-refractivity contribution is -0.137. The minimum absolute atomic E-state index is 0.0434. The minimum Gasteiger partial charge on any atom is -0.342 e. The normalized spacial score (nSPS) is 16.9. The Balaban J connectivity index is 1.55. The number of aryl methyl sites for hydroxylation is 3. The van der Waals surface area contributed by atoms with Gasteiger partial charge in [0.15, 0.2) is 0 Å². The van der Waals surface area contributed by atoms with Crippen molar-refractivity contribution < 1.29 is 13.6 Å². The van der Waals surface area contributed by atoms with E-state index in [0.717, 1.165) is 22.6 Å². The van der Waals surface area contributed by atoms with Gasteiger partial charge in [0, 0.05) is 38.0 Å². The van der Waals surface area contributed by atoms with E-state index < -0.39 is 5.92 Å². The predicted molar refractivity (Wildman–Crippen MR) is 92.1 cm³/mol. The highest BCUT2D eigenvalue weighted by atomic mass is 19.3. The lowest BCUT2D eigenvalue weighted by Crippen LogP contribution is -2.42. The highest BCUT2D eigenvalue weighted by molar-refractivity contribution is 5.76. The molecular weight excluding hydrogens is 324 g/mol. The molecule has 0 bridgehead atoms. The lowest BCUT2D eigenvalue weighted by Gasteiger charge is -2.31. The zero-order chi connectivity index (χ0) is 18.0. The van der Waals surface area contributed by atoms with Gasteiger partial charge < -0.3 is 4.90 Å². The summed E-state index contributed by atoms with van der Waals surface area (Å²) in [6.45, 7) is 4.28. The first-order chi connectivity index (χ1) is 11.8. The molecule has 0 aliphatic carbocycles. The summed E-state index contributed by atoms with van der Waals surface area (Å²) in [7, 11) is 0. The Bertz CT molecular complexity index is 743. The smallest absolute Gasteiger partial charge is 0.251 e. The lowest BCUT2D eigenvalue weighted by atomic mass is 10.0. The molecule has 3 rings (SSSR count). The number of nitrogens with zero attached hydrogens (tertiary/aromatic N) is 3. The molecule has 2 heterocycles. The molecule has 1 aliphatic rings. The van der Waals surface area contributed by atoms with Gasteiger partial charge in [0.25, 0.3) is 5.92 Å². The number of alkyl halides is 2. The van der Waals surface area contributed by atoms with Crippen molar-refractivity contribution in [3.8, 4) is 5.69 Å². The van der Waals surface area contributed by atoms with Crippen LogP contribution < -0.4 is 0 Å². The molecule has 1 fully saturated rings. The SMILES string of the molecule is Cc1cc(C)n(-c2ccc(CCC(=O)N3CCC(F)(F)CC3)cc2)n1. The molecule has 0 atom stereocenters. The highest BCUT2D eigenvalue weighted by Crippen LogP contribution is 2.28. The number of rotatable bonds is 4. The van der Waals surface area contributed by atoms with Gasteiger partial charge in [-0.1, -0.05) is 12.1 Å². The van der Waals surface area contributed by atoms with Crippen LogP contribution in [0.5, 0.6) is 0 Å². The zero-order valence-electron chi connectivity index (χ0n) is 14.6. The van der Waals surface area contributed by atoms with Crippen molar-refractivity contribution in [2.75, 3.05) is 13.1 Å². The standard InChI is InChI=1S/C19H23F2N3O/c1-14-13-15(2)24(22-14)17-6-3-16(4-7-17)5-8-18(25)23-11-9-19(20,21)10-12-23/h3-4,6-7,13H,5,8-12H2,1-2H3. The van der Waals surface area contributed by atoms with Gasteiger partial charge >= 0.3 is 0 Å². The van der Waals surface area contributed by atoms with Gasteiger partial charge in [-0.15, -0.1) is 0 Å². The van der Waals surface area contributed by atoms with Crippen LogP contribution in [-0.2, 0) is 11.2 Å². The number of hydrogen-bond donors (Lipinski definition) is 0. The third-order valence-electron chi connectivity index (χ3n) is 4.67. The molecule has 1 aromatic heterocycles. The van der Waals surface area contributed by atoms with Gasteiger partial charge in [-0.3, -0.25) is 4.79 Å². The molecule has 1 aliphatic heterocycles. The molecule has 6 heteroatoms. The van der Waals surface area contributed by atoms with Crippen molar-refractivity contribution in [2.45, 2.75) is 45.5 Å². The largest absolute Gasteiger partial charge is 0.342 e. The maximum Gasteiger partial charge on any atom is 0.251 e. The second kappa shape index (κ2) is 6.94. The number of likely N-dealkylation sites (tertiary alicyclic amines) is 1. The summed E-state index contributed by atoms with van der Waals surface area (Å²) in [5.41, 5.74) is 4.08. The van der Waals surface area contributed by atoms with Crippen molar-refractivity contribution in [1.29, 1.82) is 0 Å². The summed E-state index contributed by atoms with van der Waals surface area (Å²) in [5.74, 6) is -2.66. The van der Waals surface area contributed by atoms with Crippen molar-refractivity contribution in [1.82, 2.24) is 14.7 Å². The molecule has 0 unspecified atom stereocenters. The Kier molecular flexibility index (Phi) is 4.88. The molecule has 134 valence electrons. The summed E-state index contributed by atoms with van der Waals surface area (Å²) < 4.78 is 28.2. The van der Waals surface area contributed by atoms with Crippen molar-refractivity contribution in [3.63, 3.8) is 0 Å². The number of carbonyl (C=O) groups is 1. The van der Waals surface area contributed by atoms with E-state index in [2.05, 4.69) is 5.10 Å². The molecule has 1 amide bonds. The summed E-state index contributed by atoms with van der Waals surface area (Å²) in [4.78, 5) is 13.7. The number of piperidine rings is 1. The van der Waals surface area contributed by atoms with E-state index >= 15 is 0 Å². The molecule has 0 radical (unpaired) electrons. The van der Waals surface area contributed by atoms with E-state index in [1.54, 1.807) is 4.90 Å². The van der Waals surface area contributed by atoms with E-state index in [0.29, 0.717) is 12.8 Å². The molecule has 0 saturated carbocycles. The monoisotopic (exact) mass is 347 g/mol. The van der Waals surface area contributed by atoms with Gasteiger partial charge in [-0.25, -0.2) is 13.5 Å². The third-order valence-corrected chi connectivity index (χ3v) is 4.67. The first-order valence-corrected chi connectivity index (χ1v) is 8.62. The minimum atomic E-state index is -2.62. The van der Waals surface area contributed by atoms with E-state index in [9.17, 15) is 13.6 Å². The average Bonchev–Trinajstić information content (AvgIpc) is 2.91. The van der Waals surface area contributed by atoms with Crippen LogP contribution in [0.3, 0.4) is 0 Å². The molecule has 0 N–H and O–H groups in total. The Morgan fingerprint density at radius 1 is 1.16 bits per heavy atom. The highest BCUT2D eigenvalue weighted by Gasteiger charge is 2.35. The van der Waals surface area contributed by atoms with Crippen LogP contribution in [0.25, 0.3) is 5.69 Å². The van der Waals surface area contributed by atoms with Crippen LogP contribution in [0, 0.1) is 13.8 Å². The van der Waals surface area contributed by atoms with E-state index in [1.165, 1.54) is 0 Å². The summed E-state index contributed by atoms with van der Waals surface area (Å²) in [5, 5.41) is 4.45. The molecule has 4 nitrogen and oxygen atoms in total. The number of benzene rings is 1. The summed E-state index contributed by atoms with van der Waals surface area (Å²) in [6.07, 6.45) is 0.514. The molecule has 1 saturated heterocycles. The Hall–Kier alpha value is -2.24. The van der Waals surface area contributed by atoms with E-state index in [-0.39, 0.29) is 31.8 Å². The topological polar surface area (TPSA) is 38.1 Å². The van der Waals surface area contributed by atoms with Crippen LogP contribution in [-0.4, -0.2) is 39.6 Å². The predicted octanol–water partition coefficient (Wildman–Crippen LogP) is 3.68. The second-order valence-corrected chi connectivity index (χ2v) is 6.74. The fourth-order valence-electron chi connectivity index (χ4n) is 3.19. The Labute approximate surface area is 146 Å². The number of halogens is 2. The van der Waals surface area contributed by atoms with Gasteiger partial charge in [0.05, 0.1) is 11.4 Å². The number of hydrogen-bond acceptors (Lipinski definition) is 2. The third kappa shape index (κ3) is 4.24. The van der Waals surface area contributed by atoms with Crippen LogP contribution in [0.15, 0.2) is 30.3 Å². The van der Waals surface area contributed by atoms with E-state index in [4.69, 9.17) is 0 Å². The van der Waals surface area contributed by atoms with Gasteiger partial charge in [-0.2, -0.15) is 5.10 Å². The summed E-state index contributed by atoms with van der Waals surface area (Å²) in [6, 6.07) is 9.98. The first kappa shape index (κ1) is 17.6. The Morgan fingerprint density at radius 3 is 2.36 bits per heavy atom. The maximum atomic E-state index is 13.2. The van der Waals surface area contributed by atoms with Crippen molar-refractivity contribution in [2.24, 2.45) is 0 Å². The fourth-order valence-corrected chi connectivity index (χ4v) is 3.19. The zero-order valence-corrected chi connectivity index (χ0v) is 14.6. The average molecular weight is 347 g/mol. The summed E-state index contributed by atoms with van der Waals surface area (Å²) >= 11 is 0. The van der Waals surface area contributed by atoms with Crippen LogP contribution in [0.2, 0.25) is 0 Å².